The number of esters is 1. The van der Waals surface area contributed by atoms with Crippen molar-refractivity contribution in [1.29, 1.82) is 0 Å². The van der Waals surface area contributed by atoms with Gasteiger partial charge in [-0.2, -0.15) is 0 Å². The fraction of sp³-hybridized carbons (Fsp3) is 0.889. The summed E-state index contributed by atoms with van der Waals surface area (Å²) in [6.45, 7) is 6.04. The monoisotopic (exact) mass is 192 g/mol. The van der Waals surface area contributed by atoms with Crippen molar-refractivity contribution in [2.75, 3.05) is 0 Å². The Morgan fingerprint density at radius 2 is 1.77 bits per heavy atom. The second-order valence-electron chi connectivity index (χ2n) is 4.26. The van der Waals surface area contributed by atoms with Crippen LogP contribution in [0.5, 0.6) is 0 Å². The molecule has 1 atom stereocenters. The maximum absolute atomic E-state index is 13.0. The van der Waals surface area contributed by atoms with Crippen LogP contribution in [0.2, 0.25) is 0 Å². The molecule has 0 amide bonds. The molecule has 0 aliphatic heterocycles. The lowest BCUT2D eigenvalue weighted by molar-refractivity contribution is -0.151. The summed E-state index contributed by atoms with van der Waals surface area (Å²) in [6.07, 6.45) is -0.334. The summed E-state index contributed by atoms with van der Waals surface area (Å²) in [5.41, 5.74) is -1.24. The number of alkyl halides is 2. The molecule has 1 aliphatic rings. The van der Waals surface area contributed by atoms with E-state index < -0.39 is 23.2 Å². The summed E-state index contributed by atoms with van der Waals surface area (Å²) < 4.78 is 30.7. The highest BCUT2D eigenvalue weighted by Gasteiger charge is 2.79. The second-order valence-corrected chi connectivity index (χ2v) is 4.26. The quantitative estimate of drug-likeness (QED) is 0.627. The molecule has 0 aromatic heterocycles. The zero-order valence-electron chi connectivity index (χ0n) is 8.23. The molecular formula is C9H14F2O2. The van der Waals surface area contributed by atoms with Gasteiger partial charge in [0.25, 0.3) is 5.92 Å². The highest BCUT2D eigenvalue weighted by atomic mass is 19.3. The molecule has 1 unspecified atom stereocenters. The molecular weight excluding hydrogens is 178 g/mol. The zero-order valence-corrected chi connectivity index (χ0v) is 8.23. The van der Waals surface area contributed by atoms with E-state index in [4.69, 9.17) is 4.74 Å². The molecule has 0 aromatic carbocycles. The topological polar surface area (TPSA) is 26.3 Å². The lowest BCUT2D eigenvalue weighted by Gasteiger charge is -2.06. The van der Waals surface area contributed by atoms with Crippen LogP contribution >= 0.6 is 0 Å². The Balaban J connectivity index is 2.63. The summed E-state index contributed by atoms with van der Waals surface area (Å²) in [6, 6.07) is 0. The first kappa shape index (κ1) is 10.4. The standard InChI is InChI=1S/C9H14F2O2/c1-5(2)13-7(12)6-8(3,4)9(6,10)11/h5-6H,1-4H3. The third-order valence-corrected chi connectivity index (χ3v) is 2.45. The smallest absolute Gasteiger partial charge is 0.316 e. The first-order chi connectivity index (χ1) is 5.71. The summed E-state index contributed by atoms with van der Waals surface area (Å²) in [7, 11) is 0. The summed E-state index contributed by atoms with van der Waals surface area (Å²) in [5.74, 6) is -4.95. The Morgan fingerprint density at radius 3 is 2.00 bits per heavy atom. The number of hydrogen-bond donors (Lipinski definition) is 0. The normalized spacial score (nSPS) is 28.7. The molecule has 13 heavy (non-hydrogen) atoms. The number of hydrogen-bond acceptors (Lipinski definition) is 2. The van der Waals surface area contributed by atoms with Crippen LogP contribution in [0.1, 0.15) is 27.7 Å². The van der Waals surface area contributed by atoms with Gasteiger partial charge >= 0.3 is 5.97 Å². The zero-order chi connectivity index (χ0) is 10.4. The highest BCUT2D eigenvalue weighted by Crippen LogP contribution is 2.65. The van der Waals surface area contributed by atoms with Crippen molar-refractivity contribution in [1.82, 2.24) is 0 Å². The first-order valence-electron chi connectivity index (χ1n) is 4.29. The minimum absolute atomic E-state index is 0.334. The molecule has 4 heteroatoms. The predicted molar refractivity (Wildman–Crippen MR) is 43.4 cm³/mol. The Bertz CT molecular complexity index is 220. The molecule has 0 N–H and O–H groups in total. The van der Waals surface area contributed by atoms with E-state index in [1.165, 1.54) is 13.8 Å². The Morgan fingerprint density at radius 1 is 1.38 bits per heavy atom. The van der Waals surface area contributed by atoms with Crippen LogP contribution in [0.4, 0.5) is 8.78 Å². The summed E-state index contributed by atoms with van der Waals surface area (Å²) in [5, 5.41) is 0. The fourth-order valence-electron chi connectivity index (χ4n) is 1.40. The van der Waals surface area contributed by atoms with Gasteiger partial charge < -0.3 is 4.74 Å². The molecule has 76 valence electrons. The minimum Gasteiger partial charge on any atom is -0.463 e. The maximum Gasteiger partial charge on any atom is 0.316 e. The lowest BCUT2D eigenvalue weighted by Crippen LogP contribution is -2.16. The van der Waals surface area contributed by atoms with Crippen molar-refractivity contribution in [3.05, 3.63) is 0 Å². The van der Waals surface area contributed by atoms with E-state index in [1.54, 1.807) is 13.8 Å². The van der Waals surface area contributed by atoms with Crippen molar-refractivity contribution < 1.29 is 18.3 Å². The van der Waals surface area contributed by atoms with E-state index in [-0.39, 0.29) is 6.10 Å². The van der Waals surface area contributed by atoms with Crippen molar-refractivity contribution in [3.63, 3.8) is 0 Å². The van der Waals surface area contributed by atoms with E-state index in [2.05, 4.69) is 0 Å². The largest absolute Gasteiger partial charge is 0.463 e. The van der Waals surface area contributed by atoms with Crippen molar-refractivity contribution in [2.45, 2.75) is 39.7 Å². The second kappa shape index (κ2) is 2.66. The number of rotatable bonds is 2. The predicted octanol–water partition coefficient (Wildman–Crippen LogP) is 2.23. The van der Waals surface area contributed by atoms with Crippen LogP contribution in [0, 0.1) is 11.3 Å². The number of carbonyl (C=O) groups excluding carboxylic acids is 1. The van der Waals surface area contributed by atoms with Crippen LogP contribution in [0.15, 0.2) is 0 Å². The van der Waals surface area contributed by atoms with Gasteiger partial charge in [0.1, 0.15) is 5.92 Å². The first-order valence-corrected chi connectivity index (χ1v) is 4.29. The van der Waals surface area contributed by atoms with Crippen molar-refractivity contribution >= 4 is 5.97 Å². The third kappa shape index (κ3) is 1.42. The number of carbonyl (C=O) groups is 1. The molecule has 0 aromatic rings. The van der Waals surface area contributed by atoms with Crippen LogP contribution in [-0.4, -0.2) is 18.0 Å². The van der Waals surface area contributed by atoms with Crippen LogP contribution in [0.25, 0.3) is 0 Å². The van der Waals surface area contributed by atoms with E-state index >= 15 is 0 Å². The molecule has 1 rings (SSSR count). The molecule has 0 bridgehead atoms. The average Bonchev–Trinajstić information content (AvgIpc) is 2.20. The Labute approximate surface area is 76.3 Å². The van der Waals surface area contributed by atoms with Gasteiger partial charge in [-0.3, -0.25) is 4.79 Å². The van der Waals surface area contributed by atoms with Gasteiger partial charge in [0.15, 0.2) is 0 Å². The van der Waals surface area contributed by atoms with Gasteiger partial charge in [-0.15, -0.1) is 0 Å². The van der Waals surface area contributed by atoms with Gasteiger partial charge in [0.2, 0.25) is 0 Å². The molecule has 2 nitrogen and oxygen atoms in total. The highest BCUT2D eigenvalue weighted by molar-refractivity contribution is 5.79. The fourth-order valence-corrected chi connectivity index (χ4v) is 1.40. The van der Waals surface area contributed by atoms with Gasteiger partial charge in [-0.1, -0.05) is 13.8 Å². The Kier molecular flexibility index (Phi) is 2.13. The molecule has 1 fully saturated rings. The van der Waals surface area contributed by atoms with E-state index in [1.807, 2.05) is 0 Å². The average molecular weight is 192 g/mol. The van der Waals surface area contributed by atoms with Gasteiger partial charge in [-0.05, 0) is 13.8 Å². The van der Waals surface area contributed by atoms with Crippen molar-refractivity contribution in [3.8, 4) is 0 Å². The van der Waals surface area contributed by atoms with Crippen molar-refractivity contribution in [2.24, 2.45) is 11.3 Å². The van der Waals surface area contributed by atoms with Crippen LogP contribution in [-0.2, 0) is 9.53 Å². The van der Waals surface area contributed by atoms with E-state index in [9.17, 15) is 13.6 Å². The van der Waals surface area contributed by atoms with Gasteiger partial charge in [-0.25, -0.2) is 8.78 Å². The molecule has 1 aliphatic carbocycles. The minimum atomic E-state index is -2.90. The number of halogens is 2. The van der Waals surface area contributed by atoms with Gasteiger partial charge in [0.05, 0.1) is 6.10 Å². The summed E-state index contributed by atoms with van der Waals surface area (Å²) in [4.78, 5) is 11.1. The number of ether oxygens (including phenoxy) is 1. The molecule has 0 saturated heterocycles. The third-order valence-electron chi connectivity index (χ3n) is 2.45. The SMILES string of the molecule is CC(C)OC(=O)C1C(C)(C)C1(F)F. The lowest BCUT2D eigenvalue weighted by atomic mass is 10.1. The Hall–Kier alpha value is -0.670. The maximum atomic E-state index is 13.0. The molecule has 0 radical (unpaired) electrons. The van der Waals surface area contributed by atoms with Crippen LogP contribution in [0.3, 0.4) is 0 Å². The molecule has 0 heterocycles. The molecule has 0 spiro atoms. The van der Waals surface area contributed by atoms with E-state index in [0.717, 1.165) is 0 Å². The van der Waals surface area contributed by atoms with Gasteiger partial charge in [0, 0.05) is 5.41 Å². The molecule has 1 saturated carbocycles. The summed E-state index contributed by atoms with van der Waals surface area (Å²) >= 11 is 0. The van der Waals surface area contributed by atoms with E-state index in [0.29, 0.717) is 0 Å². The van der Waals surface area contributed by atoms with Crippen LogP contribution < -0.4 is 0 Å².